The minimum absolute atomic E-state index is 0.481. The molecule has 2 aromatic heterocycles. The highest BCUT2D eigenvalue weighted by atomic mass is 32.2. The number of unbranched alkanes of at least 4 members (excludes halogenated alkanes) is 1. The first-order chi connectivity index (χ1) is 15.7. The number of benzene rings is 2. The lowest BCUT2D eigenvalue weighted by atomic mass is 10.2. The molecule has 0 atom stereocenters. The number of methoxy groups -OCH3 is 2. The maximum atomic E-state index is 5.85. The highest BCUT2D eigenvalue weighted by Gasteiger charge is 2.16. The number of thioether (sulfide) groups is 1. The maximum absolute atomic E-state index is 5.85. The zero-order valence-electron chi connectivity index (χ0n) is 18.3. The number of rotatable bonds is 10. The molecule has 166 valence electrons. The van der Waals surface area contributed by atoms with E-state index in [-0.39, 0.29) is 0 Å². The molecule has 0 saturated carbocycles. The largest absolute Gasteiger partial charge is 0.497 e. The van der Waals surface area contributed by atoms with Gasteiger partial charge < -0.3 is 18.5 Å². The van der Waals surface area contributed by atoms with Crippen molar-refractivity contribution in [1.29, 1.82) is 0 Å². The van der Waals surface area contributed by atoms with Gasteiger partial charge >= 0.3 is 0 Å². The van der Waals surface area contributed by atoms with Gasteiger partial charge in [-0.1, -0.05) is 25.1 Å². The van der Waals surface area contributed by atoms with E-state index in [0.717, 1.165) is 53.0 Å². The Morgan fingerprint density at radius 3 is 2.12 bits per heavy atom. The van der Waals surface area contributed by atoms with Gasteiger partial charge in [-0.25, -0.2) is 0 Å². The van der Waals surface area contributed by atoms with E-state index in [1.165, 1.54) is 11.8 Å². The van der Waals surface area contributed by atoms with Crippen molar-refractivity contribution in [3.8, 4) is 34.3 Å². The van der Waals surface area contributed by atoms with Crippen LogP contribution in [0.4, 0.5) is 0 Å². The Labute approximate surface area is 191 Å². The van der Waals surface area contributed by atoms with E-state index >= 15 is 0 Å². The third-order valence-corrected chi connectivity index (χ3v) is 5.88. The summed E-state index contributed by atoms with van der Waals surface area (Å²) >= 11 is 1.54. The minimum atomic E-state index is 0.481. The molecule has 0 aliphatic rings. The van der Waals surface area contributed by atoms with Gasteiger partial charge in [0.1, 0.15) is 11.5 Å². The molecule has 0 amide bonds. The molecule has 0 spiro atoms. The van der Waals surface area contributed by atoms with E-state index in [0.29, 0.717) is 17.5 Å². The molecule has 0 radical (unpaired) electrons. The van der Waals surface area contributed by atoms with Crippen molar-refractivity contribution in [2.75, 3.05) is 14.2 Å². The first-order valence-corrected chi connectivity index (χ1v) is 11.4. The van der Waals surface area contributed by atoms with Crippen molar-refractivity contribution in [1.82, 2.24) is 25.0 Å². The molecule has 0 aliphatic heterocycles. The molecule has 4 rings (SSSR count). The molecule has 0 saturated heterocycles. The molecule has 2 heterocycles. The predicted octanol–water partition coefficient (Wildman–Crippen LogP) is 5.10. The van der Waals surface area contributed by atoms with Crippen LogP contribution in [0.15, 0.2) is 58.1 Å². The minimum Gasteiger partial charge on any atom is -0.497 e. The Morgan fingerprint density at radius 1 is 0.844 bits per heavy atom. The second kappa shape index (κ2) is 10.3. The highest BCUT2D eigenvalue weighted by molar-refractivity contribution is 7.98. The lowest BCUT2D eigenvalue weighted by molar-refractivity contribution is 0.414. The molecule has 0 N–H and O–H groups in total. The van der Waals surface area contributed by atoms with Gasteiger partial charge in [0, 0.05) is 17.7 Å². The summed E-state index contributed by atoms with van der Waals surface area (Å²) < 4.78 is 18.5. The Bertz CT molecular complexity index is 1140. The van der Waals surface area contributed by atoms with Crippen LogP contribution >= 0.6 is 11.8 Å². The fraction of sp³-hybridized carbons (Fsp3) is 0.304. The van der Waals surface area contributed by atoms with Crippen LogP contribution in [-0.4, -0.2) is 39.2 Å². The van der Waals surface area contributed by atoms with E-state index < -0.39 is 0 Å². The molecule has 2 aromatic carbocycles. The van der Waals surface area contributed by atoms with E-state index in [2.05, 4.69) is 31.9 Å². The topological polar surface area (TPSA) is 88.1 Å². The summed E-state index contributed by atoms with van der Waals surface area (Å²) in [7, 11) is 3.29. The van der Waals surface area contributed by atoms with Crippen LogP contribution in [0.5, 0.6) is 11.5 Å². The molecular formula is C23H25N5O3S. The van der Waals surface area contributed by atoms with Gasteiger partial charge in [0.25, 0.3) is 0 Å². The molecular weight excluding hydrogens is 426 g/mol. The number of hydrogen-bond donors (Lipinski definition) is 0. The van der Waals surface area contributed by atoms with Crippen molar-refractivity contribution in [3.63, 3.8) is 0 Å². The Balaban J connectivity index is 1.50. The lowest BCUT2D eigenvalue weighted by Crippen LogP contribution is -2.02. The summed E-state index contributed by atoms with van der Waals surface area (Å²) in [6.07, 6.45) is 2.12. The molecule has 9 heteroatoms. The van der Waals surface area contributed by atoms with Crippen LogP contribution < -0.4 is 9.47 Å². The average molecular weight is 452 g/mol. The zero-order valence-corrected chi connectivity index (χ0v) is 19.1. The molecule has 8 nitrogen and oxygen atoms in total. The molecule has 0 fully saturated rings. The summed E-state index contributed by atoms with van der Waals surface area (Å²) in [6.45, 7) is 3.01. The Hall–Kier alpha value is -3.33. The van der Waals surface area contributed by atoms with E-state index in [9.17, 15) is 0 Å². The van der Waals surface area contributed by atoms with Crippen molar-refractivity contribution in [3.05, 3.63) is 54.4 Å². The van der Waals surface area contributed by atoms with Gasteiger partial charge in [-0.2, -0.15) is 0 Å². The number of aromatic nitrogens is 5. The average Bonchev–Trinajstić information content (AvgIpc) is 3.48. The van der Waals surface area contributed by atoms with Gasteiger partial charge in [-0.05, 0) is 55.0 Å². The number of nitrogens with zero attached hydrogens (tertiary/aromatic N) is 5. The first kappa shape index (κ1) is 21.9. The summed E-state index contributed by atoms with van der Waals surface area (Å²) in [5.74, 6) is 3.96. The van der Waals surface area contributed by atoms with Crippen LogP contribution in [0.25, 0.3) is 22.8 Å². The monoisotopic (exact) mass is 451 g/mol. The van der Waals surface area contributed by atoms with Crippen molar-refractivity contribution in [2.24, 2.45) is 0 Å². The standard InChI is InChI=1S/C23H25N5O3S/c1-4-5-14-28-21(16-6-10-18(29-2)11-7-16)25-27-23(28)32-15-20-24-26-22(31-20)17-8-12-19(30-3)13-9-17/h6-13H,4-5,14-15H2,1-3H3. The second-order valence-corrected chi connectivity index (χ2v) is 8.00. The van der Waals surface area contributed by atoms with Crippen LogP contribution in [-0.2, 0) is 12.3 Å². The van der Waals surface area contributed by atoms with E-state index in [4.69, 9.17) is 13.9 Å². The smallest absolute Gasteiger partial charge is 0.247 e. The fourth-order valence-corrected chi connectivity index (χ4v) is 3.96. The third kappa shape index (κ3) is 4.94. The molecule has 0 bridgehead atoms. The Kier molecular flexibility index (Phi) is 7.06. The van der Waals surface area contributed by atoms with Gasteiger partial charge in [-0.3, -0.25) is 0 Å². The Morgan fingerprint density at radius 2 is 1.50 bits per heavy atom. The zero-order chi connectivity index (χ0) is 22.3. The normalized spacial score (nSPS) is 11.0. The fourth-order valence-electron chi connectivity index (χ4n) is 3.16. The maximum Gasteiger partial charge on any atom is 0.247 e. The predicted molar refractivity (Wildman–Crippen MR) is 123 cm³/mol. The van der Waals surface area contributed by atoms with Crippen LogP contribution in [0.1, 0.15) is 25.7 Å². The number of ether oxygens (including phenoxy) is 2. The van der Waals surface area contributed by atoms with Gasteiger partial charge in [0.2, 0.25) is 11.8 Å². The first-order valence-electron chi connectivity index (χ1n) is 10.4. The molecule has 4 aromatic rings. The van der Waals surface area contributed by atoms with Crippen LogP contribution in [0.3, 0.4) is 0 Å². The van der Waals surface area contributed by atoms with E-state index in [1.54, 1.807) is 14.2 Å². The highest BCUT2D eigenvalue weighted by Crippen LogP contribution is 2.29. The summed E-state index contributed by atoms with van der Waals surface area (Å²) in [4.78, 5) is 0. The lowest BCUT2D eigenvalue weighted by Gasteiger charge is -2.09. The van der Waals surface area contributed by atoms with Gasteiger partial charge in [0.15, 0.2) is 11.0 Å². The second-order valence-electron chi connectivity index (χ2n) is 7.06. The quantitative estimate of drug-likeness (QED) is 0.308. The van der Waals surface area contributed by atoms with Crippen LogP contribution in [0, 0.1) is 0 Å². The molecule has 0 unspecified atom stereocenters. The van der Waals surface area contributed by atoms with Crippen molar-refractivity contribution < 1.29 is 13.9 Å². The summed E-state index contributed by atoms with van der Waals surface area (Å²) in [5.41, 5.74) is 1.85. The van der Waals surface area contributed by atoms with Gasteiger partial charge in [0.05, 0.1) is 20.0 Å². The molecule has 0 aliphatic carbocycles. The SMILES string of the molecule is CCCCn1c(SCc2nnc(-c3ccc(OC)cc3)o2)nnc1-c1ccc(OC)cc1. The van der Waals surface area contributed by atoms with Crippen molar-refractivity contribution in [2.45, 2.75) is 37.2 Å². The molecule has 32 heavy (non-hydrogen) atoms. The number of hydrogen-bond acceptors (Lipinski definition) is 8. The van der Waals surface area contributed by atoms with Crippen molar-refractivity contribution >= 4 is 11.8 Å². The summed E-state index contributed by atoms with van der Waals surface area (Å²) in [6, 6.07) is 15.4. The van der Waals surface area contributed by atoms with Gasteiger partial charge in [-0.15, -0.1) is 20.4 Å². The third-order valence-electron chi connectivity index (χ3n) is 4.93. The van der Waals surface area contributed by atoms with Crippen LogP contribution in [0.2, 0.25) is 0 Å². The summed E-state index contributed by atoms with van der Waals surface area (Å²) in [5, 5.41) is 18.1. The van der Waals surface area contributed by atoms with E-state index in [1.807, 2.05) is 48.5 Å².